The van der Waals surface area contributed by atoms with Crippen LogP contribution in [-0.2, 0) is 4.79 Å². The molecule has 2 rings (SSSR count). The largest absolute Gasteiger partial charge is 0.396 e. The quantitative estimate of drug-likeness (QED) is 0.764. The van der Waals surface area contributed by atoms with E-state index in [-0.39, 0.29) is 6.61 Å². The molecule has 1 amide bonds. The Morgan fingerprint density at radius 3 is 2.78 bits per heavy atom. The summed E-state index contributed by atoms with van der Waals surface area (Å²) < 4.78 is 0. The topological polar surface area (TPSA) is 69.6 Å². The number of aliphatic hydroxyl groups is 1. The Morgan fingerprint density at radius 2 is 2.11 bits per heavy atom. The molecule has 5 heteroatoms. The van der Waals surface area contributed by atoms with Gasteiger partial charge in [-0.1, -0.05) is 0 Å². The number of nitrogens with one attached hydrogen (secondary N) is 1. The van der Waals surface area contributed by atoms with E-state index < -0.39 is 11.7 Å². The van der Waals surface area contributed by atoms with Crippen LogP contribution in [0.4, 0.5) is 11.4 Å². The summed E-state index contributed by atoms with van der Waals surface area (Å²) in [6.07, 6.45) is 0.691. The minimum Gasteiger partial charge on any atom is -0.396 e. The Labute approximate surface area is 105 Å². The van der Waals surface area contributed by atoms with Gasteiger partial charge in [0.2, 0.25) is 0 Å². The van der Waals surface area contributed by atoms with Crippen molar-refractivity contribution in [3.05, 3.63) is 23.8 Å². The molecule has 96 valence electrons. The van der Waals surface area contributed by atoms with Gasteiger partial charge < -0.3 is 15.3 Å². The van der Waals surface area contributed by atoms with E-state index in [1.54, 1.807) is 12.1 Å². The summed E-state index contributed by atoms with van der Waals surface area (Å²) in [5.74, 6) is -1.05. The average molecular weight is 248 g/mol. The standard InChI is InChI=1S/C13H16N2O3/c1-2-15(6-3-7-16)9-4-5-10-11(8-9)14-13(18)12(10)17/h4-5,8,16H,2-3,6-7H2,1H3,(H,14,17,18). The fourth-order valence-corrected chi connectivity index (χ4v) is 2.06. The number of rotatable bonds is 5. The van der Waals surface area contributed by atoms with Crippen LogP contribution in [0, 0.1) is 0 Å². The van der Waals surface area contributed by atoms with Gasteiger partial charge in [-0.25, -0.2) is 0 Å². The van der Waals surface area contributed by atoms with E-state index in [9.17, 15) is 9.59 Å². The highest BCUT2D eigenvalue weighted by atomic mass is 16.3. The van der Waals surface area contributed by atoms with Crippen LogP contribution in [0.25, 0.3) is 0 Å². The number of Topliss-reactive ketones (excluding diaryl/α,β-unsaturated/α-hetero) is 1. The Kier molecular flexibility index (Phi) is 3.62. The molecule has 0 radical (unpaired) electrons. The second-order valence-electron chi connectivity index (χ2n) is 4.17. The summed E-state index contributed by atoms with van der Waals surface area (Å²) in [4.78, 5) is 24.8. The average Bonchev–Trinajstić information content (AvgIpc) is 2.66. The zero-order valence-electron chi connectivity index (χ0n) is 10.3. The van der Waals surface area contributed by atoms with Crippen molar-refractivity contribution in [3.8, 4) is 0 Å². The fraction of sp³-hybridized carbons (Fsp3) is 0.385. The van der Waals surface area contributed by atoms with Crippen LogP contribution in [0.5, 0.6) is 0 Å². The second kappa shape index (κ2) is 5.18. The highest BCUT2D eigenvalue weighted by Gasteiger charge is 2.28. The van der Waals surface area contributed by atoms with Crippen molar-refractivity contribution in [1.82, 2.24) is 0 Å². The monoisotopic (exact) mass is 248 g/mol. The third-order valence-corrected chi connectivity index (χ3v) is 3.04. The number of hydrogen-bond donors (Lipinski definition) is 2. The molecule has 0 saturated carbocycles. The smallest absolute Gasteiger partial charge is 0.296 e. The van der Waals surface area contributed by atoms with Gasteiger partial charge in [0.25, 0.3) is 11.7 Å². The van der Waals surface area contributed by atoms with E-state index in [1.165, 1.54) is 0 Å². The number of fused-ring (bicyclic) bond motifs is 1. The maximum Gasteiger partial charge on any atom is 0.296 e. The molecule has 0 atom stereocenters. The normalized spacial score (nSPS) is 13.4. The fourth-order valence-electron chi connectivity index (χ4n) is 2.06. The highest BCUT2D eigenvalue weighted by molar-refractivity contribution is 6.51. The third-order valence-electron chi connectivity index (χ3n) is 3.04. The Morgan fingerprint density at radius 1 is 1.33 bits per heavy atom. The molecule has 1 heterocycles. The lowest BCUT2D eigenvalue weighted by Gasteiger charge is -2.23. The van der Waals surface area contributed by atoms with Crippen LogP contribution in [0.15, 0.2) is 18.2 Å². The Hall–Kier alpha value is -1.88. The SMILES string of the molecule is CCN(CCCO)c1ccc2c(c1)NC(=O)C2=O. The number of ketones is 1. The first-order valence-electron chi connectivity index (χ1n) is 6.03. The lowest BCUT2D eigenvalue weighted by molar-refractivity contribution is -0.112. The molecule has 0 saturated heterocycles. The van der Waals surface area contributed by atoms with Crippen molar-refractivity contribution in [2.24, 2.45) is 0 Å². The minimum absolute atomic E-state index is 0.149. The number of hydrogen-bond acceptors (Lipinski definition) is 4. The predicted molar refractivity (Wildman–Crippen MR) is 69.0 cm³/mol. The number of aliphatic hydroxyl groups excluding tert-OH is 1. The van der Waals surface area contributed by atoms with E-state index in [4.69, 9.17) is 5.11 Å². The van der Waals surface area contributed by atoms with Crippen LogP contribution in [0.2, 0.25) is 0 Å². The molecular weight excluding hydrogens is 232 g/mol. The lowest BCUT2D eigenvalue weighted by atomic mass is 10.1. The van der Waals surface area contributed by atoms with Crippen molar-refractivity contribution < 1.29 is 14.7 Å². The van der Waals surface area contributed by atoms with Crippen molar-refractivity contribution >= 4 is 23.1 Å². The molecule has 0 bridgehead atoms. The van der Waals surface area contributed by atoms with Gasteiger partial charge in [0, 0.05) is 25.4 Å². The molecule has 0 unspecified atom stereocenters. The van der Waals surface area contributed by atoms with Crippen molar-refractivity contribution in [2.45, 2.75) is 13.3 Å². The van der Waals surface area contributed by atoms with Gasteiger partial charge in [-0.3, -0.25) is 9.59 Å². The zero-order chi connectivity index (χ0) is 13.1. The van der Waals surface area contributed by atoms with Crippen LogP contribution >= 0.6 is 0 Å². The van der Waals surface area contributed by atoms with Gasteiger partial charge in [0.05, 0.1) is 11.3 Å². The first-order chi connectivity index (χ1) is 8.67. The number of nitrogens with zero attached hydrogens (tertiary/aromatic N) is 1. The second-order valence-corrected chi connectivity index (χ2v) is 4.17. The van der Waals surface area contributed by atoms with Gasteiger partial charge in [-0.2, -0.15) is 0 Å². The maximum atomic E-state index is 11.5. The van der Waals surface area contributed by atoms with Gasteiger partial charge in [0.15, 0.2) is 0 Å². The third kappa shape index (κ3) is 2.22. The van der Waals surface area contributed by atoms with Gasteiger partial charge in [-0.15, -0.1) is 0 Å². The van der Waals surface area contributed by atoms with E-state index >= 15 is 0 Å². The molecule has 1 aliphatic heterocycles. The maximum absolute atomic E-state index is 11.5. The van der Waals surface area contributed by atoms with Crippen molar-refractivity contribution in [3.63, 3.8) is 0 Å². The zero-order valence-corrected chi connectivity index (χ0v) is 10.3. The van der Waals surface area contributed by atoms with E-state index in [2.05, 4.69) is 10.2 Å². The molecule has 2 N–H and O–H groups in total. The van der Waals surface area contributed by atoms with Crippen LogP contribution < -0.4 is 10.2 Å². The first-order valence-corrected chi connectivity index (χ1v) is 6.03. The van der Waals surface area contributed by atoms with E-state index in [1.807, 2.05) is 13.0 Å². The summed E-state index contributed by atoms with van der Waals surface area (Å²) in [5.41, 5.74) is 1.95. The number of amides is 1. The first kappa shape index (κ1) is 12.6. The van der Waals surface area contributed by atoms with Crippen LogP contribution in [0.3, 0.4) is 0 Å². The molecule has 0 spiro atoms. The van der Waals surface area contributed by atoms with Crippen LogP contribution in [-0.4, -0.2) is 36.5 Å². The van der Waals surface area contributed by atoms with E-state index in [0.29, 0.717) is 17.7 Å². The summed E-state index contributed by atoms with van der Waals surface area (Å²) >= 11 is 0. The number of carbonyl (C=O) groups is 2. The molecule has 18 heavy (non-hydrogen) atoms. The summed E-state index contributed by atoms with van der Waals surface area (Å²) in [6, 6.07) is 5.31. The Bertz CT molecular complexity index is 485. The van der Waals surface area contributed by atoms with Gasteiger partial charge in [0.1, 0.15) is 0 Å². The van der Waals surface area contributed by atoms with Crippen LogP contribution in [0.1, 0.15) is 23.7 Å². The summed E-state index contributed by atoms with van der Waals surface area (Å²) in [5, 5.41) is 11.4. The number of carbonyl (C=O) groups excluding carboxylic acids is 2. The molecule has 0 aromatic heterocycles. The molecule has 5 nitrogen and oxygen atoms in total. The molecule has 1 aromatic rings. The summed E-state index contributed by atoms with van der Waals surface area (Å²) in [6.45, 7) is 3.72. The molecule has 0 aliphatic carbocycles. The molecule has 1 aromatic carbocycles. The molecule has 0 fully saturated rings. The van der Waals surface area contributed by atoms with E-state index in [0.717, 1.165) is 18.8 Å². The predicted octanol–water partition coefficient (Wildman–Crippen LogP) is 1.03. The lowest BCUT2D eigenvalue weighted by Crippen LogP contribution is -2.24. The highest BCUT2D eigenvalue weighted by Crippen LogP contribution is 2.28. The molecule has 1 aliphatic rings. The number of benzene rings is 1. The number of anilines is 2. The Balaban J connectivity index is 2.24. The summed E-state index contributed by atoms with van der Waals surface area (Å²) in [7, 11) is 0. The van der Waals surface area contributed by atoms with Gasteiger partial charge in [-0.05, 0) is 31.5 Å². The van der Waals surface area contributed by atoms with Crippen molar-refractivity contribution in [2.75, 3.05) is 29.9 Å². The van der Waals surface area contributed by atoms with Gasteiger partial charge >= 0.3 is 0 Å². The minimum atomic E-state index is -0.569. The molecular formula is C13H16N2O3. The van der Waals surface area contributed by atoms with Crippen molar-refractivity contribution in [1.29, 1.82) is 0 Å².